The van der Waals surface area contributed by atoms with Gasteiger partial charge in [0.05, 0.1) is 5.56 Å². The van der Waals surface area contributed by atoms with Crippen molar-refractivity contribution >= 4 is 29.4 Å². The maximum atomic E-state index is 13.1. The van der Waals surface area contributed by atoms with Crippen LogP contribution in [-0.4, -0.2) is 41.2 Å². The fourth-order valence-electron chi connectivity index (χ4n) is 3.62. The van der Waals surface area contributed by atoms with Crippen LogP contribution in [0.5, 0.6) is 0 Å². The molecule has 11 heteroatoms. The highest BCUT2D eigenvalue weighted by molar-refractivity contribution is 6.10. The van der Waals surface area contributed by atoms with Crippen LogP contribution >= 0.6 is 0 Å². The number of anilines is 1. The summed E-state index contributed by atoms with van der Waals surface area (Å²) in [5.74, 6) is -1.84. The minimum Gasteiger partial charge on any atom is -0.349 e. The first-order chi connectivity index (χ1) is 16.0. The first kappa shape index (κ1) is 23.3. The van der Waals surface area contributed by atoms with Gasteiger partial charge in [-0.15, -0.1) is 0 Å². The van der Waals surface area contributed by atoms with Gasteiger partial charge in [-0.25, -0.2) is 4.79 Å². The Hall–Kier alpha value is -3.89. The summed E-state index contributed by atoms with van der Waals surface area (Å²) in [6.07, 6.45) is -2.78. The molecule has 0 spiro atoms. The molecule has 0 bridgehead atoms. The second kappa shape index (κ2) is 8.47. The van der Waals surface area contributed by atoms with Crippen LogP contribution in [0.3, 0.4) is 0 Å². The van der Waals surface area contributed by atoms with Gasteiger partial charge in [-0.3, -0.25) is 19.3 Å². The third-order valence-electron chi connectivity index (χ3n) is 5.67. The van der Waals surface area contributed by atoms with Gasteiger partial charge < -0.3 is 16.0 Å². The van der Waals surface area contributed by atoms with E-state index in [1.165, 1.54) is 19.1 Å². The SMILES string of the molecule is CC1(c2cccc(C(F)(F)F)c2)NC(=O)N(CC(=O)Nc2cccc(C(=O)NC3CC3)c2)C1=O. The van der Waals surface area contributed by atoms with Crippen molar-refractivity contribution in [2.75, 3.05) is 11.9 Å². The molecule has 1 unspecified atom stereocenters. The van der Waals surface area contributed by atoms with Crippen LogP contribution in [0.25, 0.3) is 0 Å². The summed E-state index contributed by atoms with van der Waals surface area (Å²) in [5, 5.41) is 7.74. The normalized spacial score (nSPS) is 20.2. The Kier molecular flexibility index (Phi) is 5.80. The molecule has 0 radical (unpaired) electrons. The maximum absolute atomic E-state index is 13.1. The lowest BCUT2D eigenvalue weighted by Crippen LogP contribution is -2.42. The Morgan fingerprint density at radius 2 is 1.82 bits per heavy atom. The largest absolute Gasteiger partial charge is 0.416 e. The van der Waals surface area contributed by atoms with Crippen molar-refractivity contribution in [3.63, 3.8) is 0 Å². The molecule has 1 aliphatic heterocycles. The Morgan fingerprint density at radius 1 is 1.12 bits per heavy atom. The third-order valence-corrected chi connectivity index (χ3v) is 5.67. The smallest absolute Gasteiger partial charge is 0.349 e. The van der Waals surface area contributed by atoms with Crippen molar-refractivity contribution in [3.05, 3.63) is 65.2 Å². The summed E-state index contributed by atoms with van der Waals surface area (Å²) < 4.78 is 39.3. The molecule has 2 aromatic carbocycles. The van der Waals surface area contributed by atoms with Crippen LogP contribution in [0.15, 0.2) is 48.5 Å². The summed E-state index contributed by atoms with van der Waals surface area (Å²) in [5.41, 5.74) is -2.15. The minimum atomic E-state index is -4.62. The Bertz CT molecular complexity index is 1180. The van der Waals surface area contributed by atoms with Gasteiger partial charge in [0.25, 0.3) is 11.8 Å². The molecule has 0 aromatic heterocycles. The van der Waals surface area contributed by atoms with E-state index in [0.717, 1.165) is 31.0 Å². The second-order valence-corrected chi connectivity index (χ2v) is 8.40. The van der Waals surface area contributed by atoms with E-state index in [4.69, 9.17) is 0 Å². The lowest BCUT2D eigenvalue weighted by Gasteiger charge is -2.23. The average Bonchev–Trinajstić information content (AvgIpc) is 3.57. The van der Waals surface area contributed by atoms with Crippen molar-refractivity contribution in [1.29, 1.82) is 0 Å². The van der Waals surface area contributed by atoms with E-state index in [1.807, 2.05) is 0 Å². The number of carbonyl (C=O) groups is 4. The van der Waals surface area contributed by atoms with Gasteiger partial charge in [0.15, 0.2) is 0 Å². The zero-order valence-electron chi connectivity index (χ0n) is 18.0. The third kappa shape index (κ3) is 4.73. The van der Waals surface area contributed by atoms with E-state index in [-0.39, 0.29) is 17.5 Å². The summed E-state index contributed by atoms with van der Waals surface area (Å²) >= 11 is 0. The number of alkyl halides is 3. The van der Waals surface area contributed by atoms with Crippen molar-refractivity contribution in [3.8, 4) is 0 Å². The molecule has 1 saturated heterocycles. The lowest BCUT2D eigenvalue weighted by molar-refractivity contribution is -0.138. The number of nitrogens with zero attached hydrogens (tertiary/aromatic N) is 1. The summed E-state index contributed by atoms with van der Waals surface area (Å²) in [6, 6.07) is 9.53. The van der Waals surface area contributed by atoms with Crippen molar-refractivity contribution in [2.24, 2.45) is 0 Å². The van der Waals surface area contributed by atoms with E-state index in [9.17, 15) is 32.3 Å². The van der Waals surface area contributed by atoms with Crippen molar-refractivity contribution < 1.29 is 32.3 Å². The number of halogens is 3. The summed E-state index contributed by atoms with van der Waals surface area (Å²) in [6.45, 7) is 0.625. The predicted octanol–water partition coefficient (Wildman–Crippen LogP) is 3.00. The molecule has 178 valence electrons. The first-order valence-electron chi connectivity index (χ1n) is 10.5. The van der Waals surface area contributed by atoms with E-state index in [0.29, 0.717) is 16.2 Å². The topological polar surface area (TPSA) is 108 Å². The zero-order chi connectivity index (χ0) is 24.7. The van der Waals surface area contributed by atoms with Crippen LogP contribution in [0.1, 0.15) is 41.3 Å². The van der Waals surface area contributed by atoms with E-state index in [1.54, 1.807) is 18.2 Å². The molecule has 8 nitrogen and oxygen atoms in total. The molecule has 1 aliphatic carbocycles. The predicted molar refractivity (Wildman–Crippen MR) is 115 cm³/mol. The van der Waals surface area contributed by atoms with Crippen LogP contribution in [0, 0.1) is 0 Å². The van der Waals surface area contributed by atoms with Crippen LogP contribution in [-0.2, 0) is 21.3 Å². The molecule has 2 fully saturated rings. The van der Waals surface area contributed by atoms with Crippen LogP contribution in [0.2, 0.25) is 0 Å². The Labute approximate surface area is 192 Å². The fourth-order valence-corrected chi connectivity index (χ4v) is 3.62. The molecule has 1 atom stereocenters. The number of imide groups is 1. The molecule has 1 heterocycles. The van der Waals surface area contributed by atoms with Gasteiger partial charge in [-0.05, 0) is 55.7 Å². The Balaban J connectivity index is 1.45. The lowest BCUT2D eigenvalue weighted by atomic mass is 9.90. The number of urea groups is 1. The van der Waals surface area contributed by atoms with Gasteiger partial charge in [0.1, 0.15) is 12.1 Å². The number of benzene rings is 2. The molecule has 2 aliphatic rings. The molecule has 34 heavy (non-hydrogen) atoms. The van der Waals surface area contributed by atoms with E-state index < -0.39 is 41.7 Å². The average molecular weight is 474 g/mol. The molecule has 4 rings (SSSR count). The van der Waals surface area contributed by atoms with Crippen molar-refractivity contribution in [2.45, 2.75) is 37.5 Å². The molecular weight excluding hydrogens is 453 g/mol. The molecular formula is C23H21F3N4O4. The fraction of sp³-hybridized carbons (Fsp3) is 0.304. The first-order valence-corrected chi connectivity index (χ1v) is 10.5. The highest BCUT2D eigenvalue weighted by Crippen LogP contribution is 2.34. The zero-order valence-corrected chi connectivity index (χ0v) is 18.0. The number of amides is 5. The quantitative estimate of drug-likeness (QED) is 0.560. The van der Waals surface area contributed by atoms with Gasteiger partial charge in [-0.1, -0.05) is 18.2 Å². The molecule has 5 amide bonds. The number of hydrogen-bond donors (Lipinski definition) is 3. The number of carbonyl (C=O) groups excluding carboxylic acids is 4. The molecule has 2 aromatic rings. The van der Waals surface area contributed by atoms with Crippen LogP contribution < -0.4 is 16.0 Å². The van der Waals surface area contributed by atoms with Gasteiger partial charge in [-0.2, -0.15) is 13.2 Å². The highest BCUT2D eigenvalue weighted by atomic mass is 19.4. The molecule has 3 N–H and O–H groups in total. The number of hydrogen-bond acceptors (Lipinski definition) is 4. The molecule has 1 saturated carbocycles. The van der Waals surface area contributed by atoms with Gasteiger partial charge in [0.2, 0.25) is 5.91 Å². The summed E-state index contributed by atoms with van der Waals surface area (Å²) in [4.78, 5) is 50.8. The standard InChI is InChI=1S/C23H21F3N4O4/c1-22(14-5-3-6-15(11-14)23(24,25)26)20(33)30(21(34)29-22)12-18(31)27-17-7-2-4-13(10-17)19(32)28-16-8-9-16/h2-7,10-11,16H,8-9,12H2,1H3,(H,27,31)(H,28,32)(H,29,34). The number of nitrogens with one attached hydrogen (secondary N) is 3. The number of rotatable bonds is 6. The van der Waals surface area contributed by atoms with E-state index >= 15 is 0 Å². The Morgan fingerprint density at radius 3 is 2.50 bits per heavy atom. The van der Waals surface area contributed by atoms with Gasteiger partial charge in [0, 0.05) is 17.3 Å². The van der Waals surface area contributed by atoms with Crippen molar-refractivity contribution in [1.82, 2.24) is 15.5 Å². The summed E-state index contributed by atoms with van der Waals surface area (Å²) in [7, 11) is 0. The maximum Gasteiger partial charge on any atom is 0.416 e. The van der Waals surface area contributed by atoms with Gasteiger partial charge >= 0.3 is 12.2 Å². The van der Waals surface area contributed by atoms with E-state index in [2.05, 4.69) is 16.0 Å². The highest BCUT2D eigenvalue weighted by Gasteiger charge is 2.50. The monoisotopic (exact) mass is 474 g/mol. The minimum absolute atomic E-state index is 0.0574. The second-order valence-electron chi connectivity index (χ2n) is 8.40. The van der Waals surface area contributed by atoms with Crippen LogP contribution in [0.4, 0.5) is 23.7 Å².